The lowest BCUT2D eigenvalue weighted by atomic mass is 10.1. The zero-order valence-corrected chi connectivity index (χ0v) is 10.2. The van der Waals surface area contributed by atoms with Gasteiger partial charge in [-0.3, -0.25) is 4.68 Å². The van der Waals surface area contributed by atoms with E-state index in [1.54, 1.807) is 7.11 Å². The molecule has 0 aliphatic heterocycles. The van der Waals surface area contributed by atoms with Crippen LogP contribution in [0.5, 0.6) is 5.75 Å². The van der Waals surface area contributed by atoms with Crippen molar-refractivity contribution in [1.82, 2.24) is 9.78 Å². The minimum absolute atomic E-state index is 0.470. The molecule has 0 atom stereocenters. The van der Waals surface area contributed by atoms with E-state index >= 15 is 0 Å². The van der Waals surface area contributed by atoms with E-state index in [9.17, 15) is 0 Å². The average molecular weight is 231 g/mol. The molecule has 4 heteroatoms. The lowest BCUT2D eigenvalue weighted by Crippen LogP contribution is -2.05. The molecule has 4 nitrogen and oxygen atoms in total. The second kappa shape index (κ2) is 5.01. The summed E-state index contributed by atoms with van der Waals surface area (Å²) in [5.74, 6) is 0.889. The van der Waals surface area contributed by atoms with Crippen molar-refractivity contribution in [3.05, 3.63) is 47.3 Å². The first-order valence-electron chi connectivity index (χ1n) is 5.59. The summed E-state index contributed by atoms with van der Waals surface area (Å²) in [5, 5.41) is 4.37. The highest BCUT2D eigenvalue weighted by Crippen LogP contribution is 2.20. The normalized spacial score (nSPS) is 10.5. The molecule has 0 saturated carbocycles. The first-order valence-corrected chi connectivity index (χ1v) is 5.59. The molecule has 0 radical (unpaired) electrons. The van der Waals surface area contributed by atoms with Gasteiger partial charge in [-0.25, -0.2) is 0 Å². The van der Waals surface area contributed by atoms with Crippen molar-refractivity contribution >= 4 is 0 Å². The smallest absolute Gasteiger partial charge is 0.123 e. The van der Waals surface area contributed by atoms with E-state index in [2.05, 4.69) is 18.1 Å². The van der Waals surface area contributed by atoms with Gasteiger partial charge in [-0.2, -0.15) is 5.10 Å². The number of ether oxygens (including phenoxy) is 1. The number of benzene rings is 1. The van der Waals surface area contributed by atoms with Gasteiger partial charge in [0.25, 0.3) is 0 Å². The number of nitrogens with zero attached hydrogens (tertiary/aromatic N) is 2. The third kappa shape index (κ3) is 2.65. The Morgan fingerprint density at radius 2 is 2.18 bits per heavy atom. The molecule has 0 saturated heterocycles. The molecule has 1 aromatic heterocycles. The molecular formula is C13H17N3O. The van der Waals surface area contributed by atoms with Crippen LogP contribution in [0.15, 0.2) is 30.5 Å². The standard InChI is InChI=1S/C13H17N3O/c1-10-3-4-13(17-2)11(7-10)9-16-6-5-12(8-14)15-16/h3-7H,8-9,14H2,1-2H3. The van der Waals surface area contributed by atoms with Crippen molar-refractivity contribution in [2.75, 3.05) is 7.11 Å². The number of nitrogens with two attached hydrogens (primary N) is 1. The van der Waals surface area contributed by atoms with Crippen LogP contribution in [-0.4, -0.2) is 16.9 Å². The van der Waals surface area contributed by atoms with Crippen LogP contribution in [0.2, 0.25) is 0 Å². The largest absolute Gasteiger partial charge is 0.496 e. The molecule has 1 heterocycles. The SMILES string of the molecule is COc1ccc(C)cc1Cn1ccc(CN)n1. The number of rotatable bonds is 4. The Bertz CT molecular complexity index is 505. The Labute approximate surface area is 101 Å². The van der Waals surface area contributed by atoms with Gasteiger partial charge in [0.05, 0.1) is 19.3 Å². The zero-order valence-electron chi connectivity index (χ0n) is 10.2. The number of hydrogen-bond acceptors (Lipinski definition) is 3. The molecule has 0 bridgehead atoms. The fourth-order valence-corrected chi connectivity index (χ4v) is 1.81. The molecule has 2 rings (SSSR count). The van der Waals surface area contributed by atoms with Crippen molar-refractivity contribution in [3.8, 4) is 5.75 Å². The molecular weight excluding hydrogens is 214 g/mol. The molecule has 0 spiro atoms. The summed E-state index contributed by atoms with van der Waals surface area (Å²) in [6.45, 7) is 3.24. The Balaban J connectivity index is 2.25. The molecule has 0 aliphatic rings. The van der Waals surface area contributed by atoms with Gasteiger partial charge < -0.3 is 10.5 Å². The van der Waals surface area contributed by atoms with Crippen LogP contribution < -0.4 is 10.5 Å². The summed E-state index contributed by atoms with van der Waals surface area (Å²) in [5.41, 5.74) is 8.77. The lowest BCUT2D eigenvalue weighted by Gasteiger charge is -2.09. The first-order chi connectivity index (χ1) is 8.22. The summed E-state index contributed by atoms with van der Waals surface area (Å²) in [6.07, 6.45) is 1.93. The summed E-state index contributed by atoms with van der Waals surface area (Å²) in [6, 6.07) is 8.07. The minimum Gasteiger partial charge on any atom is -0.496 e. The number of aryl methyl sites for hydroxylation is 1. The molecule has 0 amide bonds. The van der Waals surface area contributed by atoms with Gasteiger partial charge in [-0.15, -0.1) is 0 Å². The monoisotopic (exact) mass is 231 g/mol. The van der Waals surface area contributed by atoms with Crippen LogP contribution in [-0.2, 0) is 13.1 Å². The van der Waals surface area contributed by atoms with Crippen molar-refractivity contribution in [3.63, 3.8) is 0 Å². The highest BCUT2D eigenvalue weighted by Gasteiger charge is 2.05. The molecule has 2 aromatic rings. The Hall–Kier alpha value is -1.81. The van der Waals surface area contributed by atoms with Gasteiger partial charge >= 0.3 is 0 Å². The predicted octanol–water partition coefficient (Wildman–Crippen LogP) is 1.71. The Kier molecular flexibility index (Phi) is 3.44. The highest BCUT2D eigenvalue weighted by molar-refractivity contribution is 5.36. The average Bonchev–Trinajstić information content (AvgIpc) is 2.77. The molecule has 1 aromatic carbocycles. The van der Waals surface area contributed by atoms with Crippen LogP contribution in [0.25, 0.3) is 0 Å². The lowest BCUT2D eigenvalue weighted by molar-refractivity contribution is 0.407. The minimum atomic E-state index is 0.470. The second-order valence-corrected chi connectivity index (χ2v) is 4.02. The van der Waals surface area contributed by atoms with E-state index in [1.807, 2.05) is 29.1 Å². The molecule has 90 valence electrons. The Morgan fingerprint density at radius 3 is 2.82 bits per heavy atom. The van der Waals surface area contributed by atoms with Crippen molar-refractivity contribution in [2.24, 2.45) is 5.73 Å². The molecule has 0 fully saturated rings. The summed E-state index contributed by atoms with van der Waals surface area (Å²) in [7, 11) is 1.68. The van der Waals surface area contributed by atoms with E-state index in [0.29, 0.717) is 13.1 Å². The van der Waals surface area contributed by atoms with Crippen LogP contribution in [0.4, 0.5) is 0 Å². The molecule has 17 heavy (non-hydrogen) atoms. The molecule has 2 N–H and O–H groups in total. The maximum absolute atomic E-state index is 5.54. The van der Waals surface area contributed by atoms with Gasteiger partial charge in [-0.05, 0) is 19.1 Å². The first kappa shape index (κ1) is 11.7. The van der Waals surface area contributed by atoms with Gasteiger partial charge in [0, 0.05) is 18.3 Å². The molecule has 0 aliphatic carbocycles. The topological polar surface area (TPSA) is 53.1 Å². The predicted molar refractivity (Wildman–Crippen MR) is 67.0 cm³/mol. The Morgan fingerprint density at radius 1 is 1.35 bits per heavy atom. The summed E-state index contributed by atoms with van der Waals surface area (Å²) >= 11 is 0. The quantitative estimate of drug-likeness (QED) is 0.871. The highest BCUT2D eigenvalue weighted by atomic mass is 16.5. The van der Waals surface area contributed by atoms with Crippen molar-refractivity contribution in [1.29, 1.82) is 0 Å². The van der Waals surface area contributed by atoms with Crippen molar-refractivity contribution < 1.29 is 4.74 Å². The van der Waals surface area contributed by atoms with Crippen molar-refractivity contribution in [2.45, 2.75) is 20.0 Å². The fourth-order valence-electron chi connectivity index (χ4n) is 1.81. The van der Waals surface area contributed by atoms with Gasteiger partial charge in [-0.1, -0.05) is 17.7 Å². The van der Waals surface area contributed by atoms with Gasteiger partial charge in [0.1, 0.15) is 5.75 Å². The summed E-state index contributed by atoms with van der Waals surface area (Å²) < 4.78 is 7.21. The maximum atomic E-state index is 5.54. The van der Waals surface area contributed by atoms with Crippen LogP contribution in [0.1, 0.15) is 16.8 Å². The van der Waals surface area contributed by atoms with Crippen LogP contribution >= 0.6 is 0 Å². The van der Waals surface area contributed by atoms with E-state index in [0.717, 1.165) is 17.0 Å². The third-order valence-electron chi connectivity index (χ3n) is 2.67. The number of methoxy groups -OCH3 is 1. The van der Waals surface area contributed by atoms with Crippen LogP contribution in [0, 0.1) is 6.92 Å². The van der Waals surface area contributed by atoms with E-state index in [1.165, 1.54) is 5.56 Å². The number of hydrogen-bond donors (Lipinski definition) is 1. The van der Waals surface area contributed by atoms with Crippen LogP contribution in [0.3, 0.4) is 0 Å². The third-order valence-corrected chi connectivity index (χ3v) is 2.67. The zero-order chi connectivity index (χ0) is 12.3. The van der Waals surface area contributed by atoms with E-state index < -0.39 is 0 Å². The molecule has 0 unspecified atom stereocenters. The van der Waals surface area contributed by atoms with E-state index in [-0.39, 0.29) is 0 Å². The van der Waals surface area contributed by atoms with E-state index in [4.69, 9.17) is 10.5 Å². The maximum Gasteiger partial charge on any atom is 0.123 e. The number of aromatic nitrogens is 2. The van der Waals surface area contributed by atoms with Gasteiger partial charge in [0.15, 0.2) is 0 Å². The second-order valence-electron chi connectivity index (χ2n) is 4.02. The fraction of sp³-hybridized carbons (Fsp3) is 0.308. The summed E-state index contributed by atoms with van der Waals surface area (Å²) in [4.78, 5) is 0. The van der Waals surface area contributed by atoms with Gasteiger partial charge in [0.2, 0.25) is 0 Å².